The maximum Gasteiger partial charge on any atom is 0.234 e. The van der Waals surface area contributed by atoms with Crippen LogP contribution in [0.1, 0.15) is 39.5 Å². The lowest BCUT2D eigenvalue weighted by Crippen LogP contribution is -2.46. The smallest absolute Gasteiger partial charge is 0.234 e. The Morgan fingerprint density at radius 3 is 2.71 bits per heavy atom. The molecule has 0 aliphatic heterocycles. The number of nitriles is 1. The molecule has 0 radical (unpaired) electrons. The first-order valence-corrected chi connectivity index (χ1v) is 6.43. The van der Waals surface area contributed by atoms with Crippen LogP contribution in [0.5, 0.6) is 0 Å². The van der Waals surface area contributed by atoms with Gasteiger partial charge in [0.2, 0.25) is 5.91 Å². The summed E-state index contributed by atoms with van der Waals surface area (Å²) < 4.78 is 0. The quantitative estimate of drug-likeness (QED) is 0.806. The van der Waals surface area contributed by atoms with E-state index in [1.54, 1.807) is 0 Å². The molecule has 0 heterocycles. The molecule has 0 saturated heterocycles. The largest absolute Gasteiger partial charge is 0.353 e. The molecule has 4 nitrogen and oxygen atoms in total. The maximum absolute atomic E-state index is 11.7. The molecule has 1 N–H and O–H groups in total. The molecule has 1 aliphatic carbocycles. The zero-order valence-corrected chi connectivity index (χ0v) is 11.1. The summed E-state index contributed by atoms with van der Waals surface area (Å²) in [6.07, 6.45) is 4.31. The number of nitrogens with one attached hydrogen (secondary N) is 1. The average Bonchev–Trinajstić information content (AvgIpc) is 2.27. The van der Waals surface area contributed by atoms with Gasteiger partial charge in [-0.3, -0.25) is 9.69 Å². The normalized spacial score (nSPS) is 24.7. The Hall–Kier alpha value is -1.08. The summed E-state index contributed by atoms with van der Waals surface area (Å²) in [5, 5.41) is 12.0. The van der Waals surface area contributed by atoms with Gasteiger partial charge in [0.1, 0.15) is 0 Å². The van der Waals surface area contributed by atoms with Gasteiger partial charge in [0, 0.05) is 12.1 Å². The van der Waals surface area contributed by atoms with Gasteiger partial charge in [0.25, 0.3) is 0 Å². The van der Waals surface area contributed by atoms with Crippen LogP contribution in [0.15, 0.2) is 0 Å². The summed E-state index contributed by atoms with van der Waals surface area (Å²) in [7, 11) is 1.94. The second-order valence-electron chi connectivity index (χ2n) is 5.22. The molecule has 1 rings (SSSR count). The van der Waals surface area contributed by atoms with Crippen molar-refractivity contribution in [3.05, 3.63) is 0 Å². The van der Waals surface area contributed by atoms with Crippen LogP contribution in [0.4, 0.5) is 0 Å². The van der Waals surface area contributed by atoms with Gasteiger partial charge in [0.05, 0.1) is 18.5 Å². The third-order valence-corrected chi connectivity index (χ3v) is 3.30. The molecular weight excluding hydrogens is 214 g/mol. The van der Waals surface area contributed by atoms with Crippen LogP contribution in [0.2, 0.25) is 0 Å². The summed E-state index contributed by atoms with van der Waals surface area (Å²) in [4.78, 5) is 13.7. The van der Waals surface area contributed by atoms with Crippen LogP contribution in [0, 0.1) is 17.2 Å². The number of hydrogen-bond donors (Lipinski definition) is 1. The van der Waals surface area contributed by atoms with E-state index in [-0.39, 0.29) is 23.9 Å². The molecule has 1 amide bonds. The Labute approximate surface area is 104 Å². The minimum absolute atomic E-state index is 0.0461. The average molecular weight is 237 g/mol. The predicted molar refractivity (Wildman–Crippen MR) is 67.3 cm³/mol. The Morgan fingerprint density at radius 1 is 1.47 bits per heavy atom. The molecule has 96 valence electrons. The molecule has 2 atom stereocenters. The van der Waals surface area contributed by atoms with E-state index in [0.29, 0.717) is 6.54 Å². The second kappa shape index (κ2) is 6.61. The van der Waals surface area contributed by atoms with E-state index in [1.165, 1.54) is 6.42 Å². The number of carbonyl (C=O) groups is 1. The molecule has 17 heavy (non-hydrogen) atoms. The lowest BCUT2D eigenvalue weighted by molar-refractivity contribution is -0.123. The fraction of sp³-hybridized carbons (Fsp3) is 0.846. The Balaban J connectivity index is 2.48. The molecule has 0 bridgehead atoms. The first kappa shape index (κ1) is 14.0. The van der Waals surface area contributed by atoms with Crippen molar-refractivity contribution in [1.82, 2.24) is 10.2 Å². The first-order chi connectivity index (χ1) is 8.04. The van der Waals surface area contributed by atoms with Crippen molar-refractivity contribution in [3.8, 4) is 6.07 Å². The van der Waals surface area contributed by atoms with Crippen molar-refractivity contribution in [1.29, 1.82) is 5.26 Å². The number of likely N-dealkylation sites (N-methyl/N-ethyl adjacent to an activating group) is 1. The van der Waals surface area contributed by atoms with E-state index in [0.717, 1.165) is 19.3 Å². The Bertz CT molecular complexity index is 296. The number of hydrogen-bond acceptors (Lipinski definition) is 3. The van der Waals surface area contributed by atoms with Gasteiger partial charge in [-0.2, -0.15) is 5.26 Å². The molecule has 2 unspecified atom stereocenters. The van der Waals surface area contributed by atoms with E-state index in [9.17, 15) is 4.79 Å². The van der Waals surface area contributed by atoms with Crippen LogP contribution in [-0.2, 0) is 4.79 Å². The topological polar surface area (TPSA) is 56.1 Å². The van der Waals surface area contributed by atoms with Crippen molar-refractivity contribution in [3.63, 3.8) is 0 Å². The summed E-state index contributed by atoms with van der Waals surface area (Å²) >= 11 is 0. The fourth-order valence-electron chi connectivity index (χ4n) is 2.50. The van der Waals surface area contributed by atoms with Gasteiger partial charge in [-0.1, -0.05) is 12.8 Å². The summed E-state index contributed by atoms with van der Waals surface area (Å²) in [5.74, 6) is 0.130. The zero-order valence-electron chi connectivity index (χ0n) is 11.1. The highest BCUT2D eigenvalue weighted by Crippen LogP contribution is 2.27. The summed E-state index contributed by atoms with van der Waals surface area (Å²) in [6, 6.07) is 2.79. The van der Waals surface area contributed by atoms with Crippen LogP contribution < -0.4 is 5.32 Å². The summed E-state index contributed by atoms with van der Waals surface area (Å²) in [5.41, 5.74) is 0. The Kier molecular flexibility index (Phi) is 5.43. The lowest BCUT2D eigenvalue weighted by Gasteiger charge is -2.34. The summed E-state index contributed by atoms with van der Waals surface area (Å²) in [6.45, 7) is 4.30. The van der Waals surface area contributed by atoms with E-state index in [4.69, 9.17) is 5.26 Å². The van der Waals surface area contributed by atoms with Crippen LogP contribution in [-0.4, -0.2) is 36.5 Å². The molecular formula is C13H23N3O. The molecule has 0 aromatic rings. The minimum Gasteiger partial charge on any atom is -0.353 e. The molecule has 0 spiro atoms. The maximum atomic E-state index is 11.7. The van der Waals surface area contributed by atoms with E-state index >= 15 is 0 Å². The highest BCUT2D eigenvalue weighted by atomic mass is 16.2. The lowest BCUT2D eigenvalue weighted by atomic mass is 9.84. The van der Waals surface area contributed by atoms with E-state index in [2.05, 4.69) is 11.4 Å². The molecule has 1 saturated carbocycles. The van der Waals surface area contributed by atoms with E-state index < -0.39 is 0 Å². The van der Waals surface area contributed by atoms with Gasteiger partial charge < -0.3 is 5.32 Å². The molecule has 1 aliphatic rings. The third-order valence-electron chi connectivity index (χ3n) is 3.30. The predicted octanol–water partition coefficient (Wildman–Crippen LogP) is 1.53. The highest BCUT2D eigenvalue weighted by Gasteiger charge is 2.28. The standard InChI is InChI=1S/C13H23N3O/c1-10(2)15-13(17)9-16(3)12-7-5-4-6-11(12)8-14/h10-12H,4-7,9H2,1-3H3,(H,15,17). The van der Waals surface area contributed by atoms with Gasteiger partial charge in [-0.25, -0.2) is 0 Å². The molecule has 4 heteroatoms. The Morgan fingerprint density at radius 2 is 2.12 bits per heavy atom. The van der Waals surface area contributed by atoms with Crippen molar-refractivity contribution in [2.75, 3.05) is 13.6 Å². The van der Waals surface area contributed by atoms with Crippen molar-refractivity contribution in [2.45, 2.75) is 51.6 Å². The number of carbonyl (C=O) groups excluding carboxylic acids is 1. The van der Waals surface area contributed by atoms with Crippen LogP contribution in [0.3, 0.4) is 0 Å². The third kappa shape index (κ3) is 4.35. The number of rotatable bonds is 4. The van der Waals surface area contributed by atoms with Crippen LogP contribution >= 0.6 is 0 Å². The number of amides is 1. The van der Waals surface area contributed by atoms with Gasteiger partial charge in [0.15, 0.2) is 0 Å². The first-order valence-electron chi connectivity index (χ1n) is 6.43. The second-order valence-corrected chi connectivity index (χ2v) is 5.22. The minimum atomic E-state index is 0.0461. The molecule has 0 aromatic carbocycles. The fourth-order valence-corrected chi connectivity index (χ4v) is 2.50. The SMILES string of the molecule is CC(C)NC(=O)CN(C)C1CCCCC1C#N. The monoisotopic (exact) mass is 237 g/mol. The zero-order chi connectivity index (χ0) is 12.8. The van der Waals surface area contributed by atoms with Gasteiger partial charge in [-0.15, -0.1) is 0 Å². The number of nitrogens with zero attached hydrogens (tertiary/aromatic N) is 2. The highest BCUT2D eigenvalue weighted by molar-refractivity contribution is 5.78. The van der Waals surface area contributed by atoms with Crippen molar-refractivity contribution < 1.29 is 4.79 Å². The van der Waals surface area contributed by atoms with Crippen LogP contribution in [0.25, 0.3) is 0 Å². The molecule has 0 aromatic heterocycles. The van der Waals surface area contributed by atoms with Gasteiger partial charge in [-0.05, 0) is 33.7 Å². The van der Waals surface area contributed by atoms with Crippen molar-refractivity contribution in [2.24, 2.45) is 5.92 Å². The van der Waals surface area contributed by atoms with Gasteiger partial charge >= 0.3 is 0 Å². The van der Waals surface area contributed by atoms with E-state index in [1.807, 2.05) is 25.8 Å². The van der Waals surface area contributed by atoms with Crippen molar-refractivity contribution >= 4 is 5.91 Å². The molecule has 1 fully saturated rings.